The number of ether oxygens (including phenoxy) is 1. The fourth-order valence-electron chi connectivity index (χ4n) is 6.94. The fraction of sp³-hybridized carbons (Fsp3) is 0. The van der Waals surface area contributed by atoms with Crippen LogP contribution in [0.15, 0.2) is 140 Å². The Kier molecular flexibility index (Phi) is 6.59. The first kappa shape index (κ1) is 28.4. The van der Waals surface area contributed by atoms with Crippen LogP contribution in [0.3, 0.4) is 0 Å². The molecule has 6 nitrogen and oxygen atoms in total. The van der Waals surface area contributed by atoms with Crippen LogP contribution in [-0.4, -0.2) is 23.8 Å². The molecule has 0 N–H and O–H groups in total. The molecule has 7 heteroatoms. The zero-order chi connectivity index (χ0) is 30.9. The van der Waals surface area contributed by atoms with Crippen molar-refractivity contribution in [1.29, 1.82) is 0 Å². The number of hydrogen-bond donors (Lipinski definition) is 0. The third-order valence-corrected chi connectivity index (χ3v) is 8.95. The number of nitrogens with zero attached hydrogens (tertiary/aromatic N) is 5. The predicted molar refractivity (Wildman–Crippen MR) is 187 cm³/mol. The van der Waals surface area contributed by atoms with Crippen LogP contribution in [0, 0.1) is 12.1 Å². The molecule has 48 heavy (non-hydrogen) atoms. The molecule has 0 aliphatic carbocycles. The molecular formula is C41H23N5OPt. The third kappa shape index (κ3) is 4.26. The predicted octanol–water partition coefficient (Wildman–Crippen LogP) is 9.71. The van der Waals surface area contributed by atoms with E-state index in [1.165, 1.54) is 11.1 Å². The number of imidazole rings is 2. The molecule has 10 rings (SSSR count). The van der Waals surface area contributed by atoms with E-state index in [2.05, 4.69) is 111 Å². The molecule has 0 atom stereocenters. The SMILES string of the molecule is [Pt+2].[c-]1c(Oc2[c-]c3c(cc2)c2c(-c4ccccc4)c(-c4ccccc4)ccc2n2ccnc32)ccc2c1c1nccn1c1cccnc21. The number of hydrogen-bond acceptors (Lipinski definition) is 4. The van der Waals surface area contributed by atoms with Gasteiger partial charge in [-0.1, -0.05) is 113 Å². The maximum atomic E-state index is 6.47. The zero-order valence-electron chi connectivity index (χ0n) is 25.2. The second-order valence-corrected chi connectivity index (χ2v) is 11.6. The van der Waals surface area contributed by atoms with E-state index in [1.807, 2.05) is 53.5 Å². The summed E-state index contributed by atoms with van der Waals surface area (Å²) in [5, 5.41) is 4.90. The summed E-state index contributed by atoms with van der Waals surface area (Å²) in [6.45, 7) is 0. The van der Waals surface area contributed by atoms with Gasteiger partial charge in [0.15, 0.2) is 0 Å². The van der Waals surface area contributed by atoms with Gasteiger partial charge in [0.2, 0.25) is 0 Å². The van der Waals surface area contributed by atoms with Crippen molar-refractivity contribution in [2.45, 2.75) is 0 Å². The molecule has 0 fully saturated rings. The van der Waals surface area contributed by atoms with Gasteiger partial charge in [0.1, 0.15) is 0 Å². The molecule has 0 saturated carbocycles. The van der Waals surface area contributed by atoms with Crippen molar-refractivity contribution in [3.8, 4) is 33.8 Å². The van der Waals surface area contributed by atoms with Gasteiger partial charge in [-0.2, -0.15) is 0 Å². The van der Waals surface area contributed by atoms with Gasteiger partial charge in [-0.3, -0.25) is 15.0 Å². The zero-order valence-corrected chi connectivity index (χ0v) is 27.5. The number of fused-ring (bicyclic) bond motifs is 12. The van der Waals surface area contributed by atoms with Crippen LogP contribution in [0.2, 0.25) is 0 Å². The van der Waals surface area contributed by atoms with Crippen LogP contribution in [0.1, 0.15) is 0 Å². The maximum absolute atomic E-state index is 6.47. The van der Waals surface area contributed by atoms with Crippen molar-refractivity contribution in [1.82, 2.24) is 23.8 Å². The average molecular weight is 797 g/mol. The molecule has 5 aromatic carbocycles. The minimum Gasteiger partial charge on any atom is -0.497 e. The van der Waals surface area contributed by atoms with Gasteiger partial charge in [0, 0.05) is 48.0 Å². The molecule has 5 heterocycles. The van der Waals surface area contributed by atoms with Gasteiger partial charge in [0.25, 0.3) is 0 Å². The van der Waals surface area contributed by atoms with Crippen LogP contribution >= 0.6 is 0 Å². The molecule has 0 amide bonds. The van der Waals surface area contributed by atoms with Crippen molar-refractivity contribution in [3.05, 3.63) is 152 Å². The fourth-order valence-corrected chi connectivity index (χ4v) is 6.94. The van der Waals surface area contributed by atoms with E-state index in [4.69, 9.17) is 9.72 Å². The van der Waals surface area contributed by atoms with E-state index in [-0.39, 0.29) is 21.1 Å². The largest absolute Gasteiger partial charge is 2.00 e. The number of benzene rings is 5. The van der Waals surface area contributed by atoms with Gasteiger partial charge >= 0.3 is 21.1 Å². The number of rotatable bonds is 4. The summed E-state index contributed by atoms with van der Waals surface area (Å²) in [6, 6.07) is 44.7. The van der Waals surface area contributed by atoms with Crippen LogP contribution in [0.4, 0.5) is 0 Å². The van der Waals surface area contributed by atoms with Crippen LogP contribution in [-0.2, 0) is 21.1 Å². The van der Waals surface area contributed by atoms with Crippen molar-refractivity contribution in [3.63, 3.8) is 0 Å². The molecular weight excluding hydrogens is 774 g/mol. The van der Waals surface area contributed by atoms with Gasteiger partial charge in [-0.25, -0.2) is 0 Å². The van der Waals surface area contributed by atoms with Gasteiger partial charge < -0.3 is 13.5 Å². The van der Waals surface area contributed by atoms with Crippen molar-refractivity contribution >= 4 is 54.8 Å². The van der Waals surface area contributed by atoms with Crippen molar-refractivity contribution in [2.75, 3.05) is 0 Å². The Bertz CT molecular complexity index is 2830. The minimum absolute atomic E-state index is 0. The Hall–Kier alpha value is -5.84. The Morgan fingerprint density at radius 3 is 1.85 bits per heavy atom. The first-order valence-electron chi connectivity index (χ1n) is 15.4. The minimum atomic E-state index is 0. The molecule has 0 radical (unpaired) electrons. The van der Waals surface area contributed by atoms with Crippen LogP contribution in [0.5, 0.6) is 11.5 Å². The standard InChI is InChI=1S/C41H23N5O.Pt/c1-3-8-26(9-4-1)30-17-18-35-38(37(30)27-10-5-2-6-11-27)31-15-13-28(24-33(31)40-43-20-22-45(35)40)47-29-14-16-32-34(25-29)41-44-21-23-46(41)36-12-7-19-42-39(32)36;/h1-23H;/q-2;+2. The summed E-state index contributed by atoms with van der Waals surface area (Å²) in [6.07, 6.45) is 9.41. The van der Waals surface area contributed by atoms with E-state index in [0.717, 1.165) is 65.9 Å². The number of pyridine rings is 3. The third-order valence-electron chi connectivity index (χ3n) is 8.95. The maximum Gasteiger partial charge on any atom is 2.00 e. The quantitative estimate of drug-likeness (QED) is 0.132. The summed E-state index contributed by atoms with van der Waals surface area (Å²) in [5.41, 5.74) is 9.26. The molecule has 10 aromatic rings. The molecule has 228 valence electrons. The van der Waals surface area contributed by atoms with Gasteiger partial charge in [-0.05, 0) is 45.8 Å². The van der Waals surface area contributed by atoms with E-state index >= 15 is 0 Å². The molecule has 0 unspecified atom stereocenters. The summed E-state index contributed by atoms with van der Waals surface area (Å²) >= 11 is 0. The first-order chi connectivity index (χ1) is 23.3. The summed E-state index contributed by atoms with van der Waals surface area (Å²) in [5.74, 6) is 1.15. The topological polar surface area (TPSA) is 56.7 Å². The summed E-state index contributed by atoms with van der Waals surface area (Å²) in [4.78, 5) is 14.1. The molecule has 0 spiro atoms. The molecule has 0 saturated heterocycles. The number of aromatic nitrogens is 5. The normalized spacial score (nSPS) is 11.6. The smallest absolute Gasteiger partial charge is 0.497 e. The molecule has 0 aliphatic rings. The van der Waals surface area contributed by atoms with Gasteiger partial charge in [-0.15, -0.1) is 12.1 Å². The van der Waals surface area contributed by atoms with Gasteiger partial charge in [0.05, 0.1) is 22.3 Å². The van der Waals surface area contributed by atoms with Crippen LogP contribution in [0.25, 0.3) is 77.0 Å². The van der Waals surface area contributed by atoms with E-state index in [1.54, 1.807) is 6.20 Å². The second kappa shape index (κ2) is 11.1. The monoisotopic (exact) mass is 796 g/mol. The molecule has 5 aromatic heterocycles. The molecule has 0 aliphatic heterocycles. The van der Waals surface area contributed by atoms with E-state index < -0.39 is 0 Å². The van der Waals surface area contributed by atoms with Crippen molar-refractivity contribution < 1.29 is 25.8 Å². The summed E-state index contributed by atoms with van der Waals surface area (Å²) < 4.78 is 10.7. The van der Waals surface area contributed by atoms with E-state index in [0.29, 0.717) is 11.5 Å². The first-order valence-corrected chi connectivity index (χ1v) is 15.4. The Morgan fingerprint density at radius 1 is 0.521 bits per heavy atom. The molecule has 0 bridgehead atoms. The van der Waals surface area contributed by atoms with Crippen molar-refractivity contribution in [2.24, 2.45) is 0 Å². The van der Waals surface area contributed by atoms with Crippen LogP contribution < -0.4 is 4.74 Å². The second-order valence-electron chi connectivity index (χ2n) is 11.6. The van der Waals surface area contributed by atoms with E-state index in [9.17, 15) is 0 Å². The Balaban J connectivity index is 0.00000314. The Labute approximate surface area is 289 Å². The average Bonchev–Trinajstić information content (AvgIpc) is 3.84. The Morgan fingerprint density at radius 2 is 1.15 bits per heavy atom. The summed E-state index contributed by atoms with van der Waals surface area (Å²) in [7, 11) is 0.